The van der Waals surface area contributed by atoms with Crippen LogP contribution in [0, 0.1) is 19.7 Å². The quantitative estimate of drug-likeness (QED) is 0.269. The van der Waals surface area contributed by atoms with Crippen molar-refractivity contribution >= 4 is 11.8 Å². The molecule has 0 unspecified atom stereocenters. The molecular formula is C26H24FN3O5. The normalized spacial score (nSPS) is 10.9. The predicted molar refractivity (Wildman–Crippen MR) is 125 cm³/mol. The molecule has 2 aromatic heterocycles. The van der Waals surface area contributed by atoms with E-state index in [2.05, 4.69) is 21.8 Å². The van der Waals surface area contributed by atoms with Crippen LogP contribution in [0.4, 0.5) is 4.39 Å². The SMILES string of the molecule is Cc1cc(C(=O)COC(=O)Cn2nc(-c3ccc(F)cc3)oc2=O)c(C)n1CCc1ccccc1. The summed E-state index contributed by atoms with van der Waals surface area (Å²) in [6, 6.07) is 17.1. The zero-order valence-electron chi connectivity index (χ0n) is 19.4. The lowest BCUT2D eigenvalue weighted by Gasteiger charge is -2.10. The molecule has 4 aromatic rings. The van der Waals surface area contributed by atoms with Gasteiger partial charge in [-0.05, 0) is 56.2 Å². The number of hydrogen-bond acceptors (Lipinski definition) is 6. The number of benzene rings is 2. The average molecular weight is 477 g/mol. The molecule has 0 amide bonds. The van der Waals surface area contributed by atoms with E-state index in [-0.39, 0.29) is 11.7 Å². The molecule has 180 valence electrons. The zero-order valence-corrected chi connectivity index (χ0v) is 19.4. The summed E-state index contributed by atoms with van der Waals surface area (Å²) >= 11 is 0. The summed E-state index contributed by atoms with van der Waals surface area (Å²) in [5.41, 5.74) is 3.81. The van der Waals surface area contributed by atoms with Gasteiger partial charge in [0.1, 0.15) is 12.4 Å². The number of hydrogen-bond donors (Lipinski definition) is 0. The number of aryl methyl sites for hydroxylation is 2. The maximum absolute atomic E-state index is 13.1. The van der Waals surface area contributed by atoms with Gasteiger partial charge in [-0.1, -0.05) is 30.3 Å². The van der Waals surface area contributed by atoms with Crippen LogP contribution in [0.25, 0.3) is 11.5 Å². The molecule has 2 aromatic carbocycles. The number of aromatic nitrogens is 3. The molecule has 8 nitrogen and oxygen atoms in total. The minimum absolute atomic E-state index is 0.0539. The van der Waals surface area contributed by atoms with Crippen LogP contribution in [0.15, 0.2) is 69.9 Å². The standard InChI is InChI=1S/C26H24FN3O5/c1-17-14-22(18(2)29(17)13-12-19-6-4-3-5-7-19)23(31)16-34-24(32)15-30-26(33)35-25(28-30)20-8-10-21(27)11-9-20/h3-11,14H,12-13,15-16H2,1-2H3. The maximum Gasteiger partial charge on any atom is 0.437 e. The Bertz CT molecular complexity index is 1400. The first kappa shape index (κ1) is 23.9. The highest BCUT2D eigenvalue weighted by molar-refractivity contribution is 5.99. The van der Waals surface area contributed by atoms with Gasteiger partial charge in [-0.3, -0.25) is 9.59 Å². The van der Waals surface area contributed by atoms with Crippen LogP contribution in [0.5, 0.6) is 0 Å². The van der Waals surface area contributed by atoms with Crippen LogP contribution in [0.2, 0.25) is 0 Å². The fraction of sp³-hybridized carbons (Fsp3) is 0.231. The summed E-state index contributed by atoms with van der Waals surface area (Å²) in [6.45, 7) is 3.53. The second kappa shape index (κ2) is 10.3. The zero-order chi connectivity index (χ0) is 24.9. The van der Waals surface area contributed by atoms with Gasteiger partial charge < -0.3 is 13.7 Å². The molecule has 0 saturated heterocycles. The Morgan fingerprint density at radius 2 is 1.77 bits per heavy atom. The van der Waals surface area contributed by atoms with Gasteiger partial charge in [-0.25, -0.2) is 9.18 Å². The molecule has 0 N–H and O–H groups in total. The Morgan fingerprint density at radius 1 is 1.06 bits per heavy atom. The summed E-state index contributed by atoms with van der Waals surface area (Å²) in [4.78, 5) is 37.0. The molecule has 0 spiro atoms. The van der Waals surface area contributed by atoms with Crippen LogP contribution >= 0.6 is 0 Å². The van der Waals surface area contributed by atoms with Crippen LogP contribution in [-0.4, -0.2) is 32.7 Å². The lowest BCUT2D eigenvalue weighted by molar-refractivity contribution is -0.143. The monoisotopic (exact) mass is 477 g/mol. The van der Waals surface area contributed by atoms with Crippen molar-refractivity contribution in [1.82, 2.24) is 14.3 Å². The molecule has 4 rings (SSSR count). The first-order chi connectivity index (χ1) is 16.8. The Balaban J connectivity index is 1.35. The van der Waals surface area contributed by atoms with Crippen molar-refractivity contribution in [1.29, 1.82) is 0 Å². The third kappa shape index (κ3) is 5.63. The van der Waals surface area contributed by atoms with Gasteiger partial charge in [0, 0.05) is 29.1 Å². The van der Waals surface area contributed by atoms with E-state index in [9.17, 15) is 18.8 Å². The van der Waals surface area contributed by atoms with Crippen molar-refractivity contribution in [2.45, 2.75) is 33.4 Å². The van der Waals surface area contributed by atoms with Gasteiger partial charge in [-0.15, -0.1) is 5.10 Å². The molecule has 0 aliphatic heterocycles. The number of rotatable bonds is 9. The van der Waals surface area contributed by atoms with Crippen molar-refractivity contribution in [3.05, 3.63) is 99.5 Å². The minimum Gasteiger partial charge on any atom is -0.456 e. The number of carbonyl (C=O) groups is 2. The van der Waals surface area contributed by atoms with E-state index in [0.717, 1.165) is 29.0 Å². The third-order valence-electron chi connectivity index (χ3n) is 5.68. The number of ketones is 1. The third-order valence-corrected chi connectivity index (χ3v) is 5.68. The molecule has 0 saturated carbocycles. The lowest BCUT2D eigenvalue weighted by Crippen LogP contribution is -2.24. The molecule has 0 aliphatic rings. The van der Waals surface area contributed by atoms with E-state index >= 15 is 0 Å². The summed E-state index contributed by atoms with van der Waals surface area (Å²) in [7, 11) is 0. The molecule has 0 bridgehead atoms. The van der Waals surface area contributed by atoms with E-state index in [1.165, 1.54) is 29.8 Å². The van der Waals surface area contributed by atoms with Crippen molar-refractivity contribution < 1.29 is 23.1 Å². The number of esters is 1. The van der Waals surface area contributed by atoms with E-state index in [0.29, 0.717) is 11.1 Å². The Hall–Kier alpha value is -4.27. The van der Waals surface area contributed by atoms with Gasteiger partial charge in [0.25, 0.3) is 0 Å². The molecule has 0 atom stereocenters. The number of ether oxygens (including phenoxy) is 1. The van der Waals surface area contributed by atoms with Gasteiger partial charge >= 0.3 is 11.7 Å². The number of Topliss-reactive ketones (excluding diaryl/α,β-unsaturated/α-hetero) is 1. The van der Waals surface area contributed by atoms with Crippen LogP contribution in [-0.2, 0) is 29.0 Å². The van der Waals surface area contributed by atoms with E-state index in [4.69, 9.17) is 9.15 Å². The lowest BCUT2D eigenvalue weighted by atomic mass is 10.1. The predicted octanol–water partition coefficient (Wildman–Crippen LogP) is 3.73. The summed E-state index contributed by atoms with van der Waals surface area (Å²) in [6.07, 6.45) is 0.826. The van der Waals surface area contributed by atoms with E-state index < -0.39 is 30.7 Å². The topological polar surface area (TPSA) is 96.3 Å². The first-order valence-electron chi connectivity index (χ1n) is 11.0. The van der Waals surface area contributed by atoms with Crippen molar-refractivity contribution in [2.24, 2.45) is 0 Å². The highest BCUT2D eigenvalue weighted by atomic mass is 19.1. The fourth-order valence-electron chi connectivity index (χ4n) is 3.82. The Morgan fingerprint density at radius 3 is 2.49 bits per heavy atom. The van der Waals surface area contributed by atoms with Gasteiger partial charge in [0.05, 0.1) is 0 Å². The minimum atomic E-state index is -0.866. The molecular weight excluding hydrogens is 453 g/mol. The summed E-state index contributed by atoms with van der Waals surface area (Å²) in [5, 5.41) is 3.94. The second-order valence-corrected chi connectivity index (χ2v) is 8.09. The van der Waals surface area contributed by atoms with Crippen molar-refractivity contribution in [2.75, 3.05) is 6.61 Å². The molecule has 9 heteroatoms. The summed E-state index contributed by atoms with van der Waals surface area (Å²) in [5.74, 6) is -2.51. The Labute approximate surface area is 200 Å². The first-order valence-corrected chi connectivity index (χ1v) is 11.0. The Kier molecular flexibility index (Phi) is 7.05. The highest BCUT2D eigenvalue weighted by Crippen LogP contribution is 2.18. The van der Waals surface area contributed by atoms with Crippen molar-refractivity contribution in [3.8, 4) is 11.5 Å². The molecule has 0 fully saturated rings. The van der Waals surface area contributed by atoms with E-state index in [1.54, 1.807) is 6.07 Å². The van der Waals surface area contributed by atoms with Crippen LogP contribution in [0.1, 0.15) is 27.3 Å². The molecule has 2 heterocycles. The fourth-order valence-corrected chi connectivity index (χ4v) is 3.82. The number of carbonyl (C=O) groups excluding carboxylic acids is 2. The number of nitrogens with zero attached hydrogens (tertiary/aromatic N) is 3. The largest absolute Gasteiger partial charge is 0.456 e. The average Bonchev–Trinajstić information content (AvgIpc) is 3.35. The molecule has 0 aliphatic carbocycles. The smallest absolute Gasteiger partial charge is 0.437 e. The van der Waals surface area contributed by atoms with Crippen molar-refractivity contribution in [3.63, 3.8) is 0 Å². The van der Waals surface area contributed by atoms with Gasteiger partial charge in [0.15, 0.2) is 6.61 Å². The van der Waals surface area contributed by atoms with Crippen LogP contribution < -0.4 is 5.76 Å². The van der Waals surface area contributed by atoms with E-state index in [1.807, 2.05) is 32.0 Å². The highest BCUT2D eigenvalue weighted by Gasteiger charge is 2.19. The molecule has 0 radical (unpaired) electrons. The maximum atomic E-state index is 13.1. The number of halogens is 1. The molecule has 35 heavy (non-hydrogen) atoms. The second-order valence-electron chi connectivity index (χ2n) is 8.09. The van der Waals surface area contributed by atoms with Gasteiger partial charge in [0.2, 0.25) is 11.7 Å². The van der Waals surface area contributed by atoms with Gasteiger partial charge in [-0.2, -0.15) is 4.68 Å². The summed E-state index contributed by atoms with van der Waals surface area (Å²) < 4.78 is 26.0. The van der Waals surface area contributed by atoms with Crippen LogP contribution in [0.3, 0.4) is 0 Å².